The monoisotopic (exact) mass is 256 g/mol. The highest BCUT2D eigenvalue weighted by Gasteiger charge is 2.47. The van der Waals surface area contributed by atoms with Crippen LogP contribution < -0.4 is 10.0 Å². The summed E-state index contributed by atoms with van der Waals surface area (Å²) < 4.78 is 28.7. The Hall–Kier alpha value is -0.830. The number of benzene rings is 1. The first-order chi connectivity index (χ1) is 7.93. The van der Waals surface area contributed by atoms with E-state index >= 15 is 0 Å². The fourth-order valence-corrected chi connectivity index (χ4v) is 4.29. The molecule has 1 unspecified atom stereocenters. The van der Waals surface area contributed by atoms with Crippen molar-refractivity contribution in [2.75, 3.05) is 13.7 Å². The molecular formula is C12H17O4P. The maximum absolute atomic E-state index is 12.6. The molecule has 0 bridgehead atoms. The molecule has 0 amide bonds. The van der Waals surface area contributed by atoms with Gasteiger partial charge in [-0.25, -0.2) is 0 Å². The van der Waals surface area contributed by atoms with Crippen molar-refractivity contribution in [1.82, 2.24) is 0 Å². The normalized spacial score (nSPS) is 25.6. The van der Waals surface area contributed by atoms with Crippen LogP contribution in [0.25, 0.3) is 0 Å². The van der Waals surface area contributed by atoms with Gasteiger partial charge in [0.1, 0.15) is 5.75 Å². The average molecular weight is 256 g/mol. The van der Waals surface area contributed by atoms with Gasteiger partial charge in [0.05, 0.1) is 24.6 Å². The van der Waals surface area contributed by atoms with Crippen molar-refractivity contribution < 1.29 is 18.3 Å². The Bertz CT molecular complexity index is 481. The Morgan fingerprint density at radius 1 is 1.41 bits per heavy atom. The highest BCUT2D eigenvalue weighted by atomic mass is 31.2. The Morgan fingerprint density at radius 3 is 2.71 bits per heavy atom. The standard InChI is InChI=1S/C12H17O4P/c1-5-15-17(13)11-8-9(14-4)6-7-10(11)12(2,3)16-17/h6-8H,5H2,1-4H3. The Morgan fingerprint density at radius 2 is 2.12 bits per heavy atom. The van der Waals surface area contributed by atoms with Crippen molar-refractivity contribution in [2.45, 2.75) is 26.4 Å². The molecule has 1 heterocycles. The van der Waals surface area contributed by atoms with Crippen molar-refractivity contribution >= 4 is 12.9 Å². The largest absolute Gasteiger partial charge is 0.497 e. The fourth-order valence-electron chi connectivity index (χ4n) is 2.04. The van der Waals surface area contributed by atoms with Crippen molar-refractivity contribution in [3.05, 3.63) is 23.8 Å². The van der Waals surface area contributed by atoms with Crippen LogP contribution in [0.5, 0.6) is 5.75 Å². The van der Waals surface area contributed by atoms with Crippen LogP contribution in [0.15, 0.2) is 18.2 Å². The van der Waals surface area contributed by atoms with Gasteiger partial charge in [-0.1, -0.05) is 6.07 Å². The molecule has 4 nitrogen and oxygen atoms in total. The van der Waals surface area contributed by atoms with Gasteiger partial charge in [0, 0.05) is 0 Å². The second kappa shape index (κ2) is 4.13. The van der Waals surface area contributed by atoms with Crippen LogP contribution in [0.2, 0.25) is 0 Å². The summed E-state index contributed by atoms with van der Waals surface area (Å²) in [5.74, 6) is 0.657. The molecule has 0 N–H and O–H groups in total. The second-order valence-corrected chi connectivity index (χ2v) is 6.32. The topological polar surface area (TPSA) is 44.8 Å². The minimum atomic E-state index is -3.20. The molecule has 1 aromatic carbocycles. The maximum Gasteiger partial charge on any atom is 0.362 e. The molecule has 0 aliphatic carbocycles. The molecule has 0 radical (unpaired) electrons. The van der Waals surface area contributed by atoms with Crippen LogP contribution in [-0.4, -0.2) is 13.7 Å². The minimum absolute atomic E-state index is 0.351. The molecule has 0 fully saturated rings. The van der Waals surface area contributed by atoms with Crippen LogP contribution in [0.4, 0.5) is 0 Å². The van der Waals surface area contributed by atoms with E-state index in [1.165, 1.54) is 0 Å². The van der Waals surface area contributed by atoms with Gasteiger partial charge in [-0.3, -0.25) is 9.09 Å². The van der Waals surface area contributed by atoms with Crippen molar-refractivity contribution in [1.29, 1.82) is 0 Å². The van der Waals surface area contributed by atoms with E-state index in [0.29, 0.717) is 17.7 Å². The quantitative estimate of drug-likeness (QED) is 0.780. The third kappa shape index (κ3) is 2.01. The summed E-state index contributed by atoms with van der Waals surface area (Å²) in [4.78, 5) is 0. The summed E-state index contributed by atoms with van der Waals surface area (Å²) in [5, 5.41) is 0.615. The molecule has 5 heteroatoms. The lowest BCUT2D eigenvalue weighted by Crippen LogP contribution is -2.16. The van der Waals surface area contributed by atoms with E-state index in [0.717, 1.165) is 5.56 Å². The maximum atomic E-state index is 12.6. The first kappa shape index (κ1) is 12.6. The van der Waals surface area contributed by atoms with Crippen LogP contribution in [-0.2, 0) is 19.2 Å². The van der Waals surface area contributed by atoms with Crippen LogP contribution in [0.3, 0.4) is 0 Å². The van der Waals surface area contributed by atoms with E-state index in [-0.39, 0.29) is 0 Å². The summed E-state index contributed by atoms with van der Waals surface area (Å²) >= 11 is 0. The molecule has 17 heavy (non-hydrogen) atoms. The molecule has 1 atom stereocenters. The lowest BCUT2D eigenvalue weighted by Gasteiger charge is -2.19. The molecule has 0 saturated heterocycles. The van der Waals surface area contributed by atoms with Gasteiger partial charge in [0.2, 0.25) is 0 Å². The van der Waals surface area contributed by atoms with Crippen LogP contribution in [0.1, 0.15) is 26.3 Å². The van der Waals surface area contributed by atoms with E-state index in [1.807, 2.05) is 26.0 Å². The molecule has 0 spiro atoms. The van der Waals surface area contributed by atoms with Gasteiger partial charge in [-0.05, 0) is 38.5 Å². The lowest BCUT2D eigenvalue weighted by molar-refractivity contribution is 0.0967. The molecule has 2 rings (SSSR count). The molecule has 1 aliphatic rings. The molecule has 1 aromatic rings. The summed E-state index contributed by atoms with van der Waals surface area (Å²) in [7, 11) is -1.62. The molecule has 1 aliphatic heterocycles. The second-order valence-electron chi connectivity index (χ2n) is 4.40. The van der Waals surface area contributed by atoms with Gasteiger partial charge in [-0.15, -0.1) is 0 Å². The van der Waals surface area contributed by atoms with Crippen molar-refractivity contribution in [3.63, 3.8) is 0 Å². The fraction of sp³-hybridized carbons (Fsp3) is 0.500. The van der Waals surface area contributed by atoms with E-state index in [1.54, 1.807) is 20.1 Å². The zero-order valence-electron chi connectivity index (χ0n) is 10.5. The SMILES string of the molecule is CCOP1(=O)OC(C)(C)c2ccc(OC)cc21. The predicted octanol–water partition coefficient (Wildman–Crippen LogP) is 2.82. The number of hydrogen-bond acceptors (Lipinski definition) is 4. The molecule has 0 saturated carbocycles. The smallest absolute Gasteiger partial charge is 0.362 e. The highest BCUT2D eigenvalue weighted by molar-refractivity contribution is 7.62. The number of hydrogen-bond donors (Lipinski definition) is 0. The average Bonchev–Trinajstić information content (AvgIpc) is 2.46. The first-order valence-corrected chi connectivity index (χ1v) is 7.11. The number of rotatable bonds is 3. The van der Waals surface area contributed by atoms with Crippen LogP contribution in [0, 0.1) is 0 Å². The number of methoxy groups -OCH3 is 1. The van der Waals surface area contributed by atoms with Crippen molar-refractivity contribution in [2.24, 2.45) is 0 Å². The van der Waals surface area contributed by atoms with Gasteiger partial charge in [0.15, 0.2) is 0 Å². The Labute approximate surface area is 101 Å². The third-order valence-electron chi connectivity index (χ3n) is 2.80. The predicted molar refractivity (Wildman–Crippen MR) is 66.0 cm³/mol. The van der Waals surface area contributed by atoms with E-state index < -0.39 is 13.2 Å². The van der Waals surface area contributed by atoms with Gasteiger partial charge < -0.3 is 9.26 Å². The van der Waals surface area contributed by atoms with E-state index in [9.17, 15) is 4.57 Å². The van der Waals surface area contributed by atoms with E-state index in [4.69, 9.17) is 13.8 Å². The van der Waals surface area contributed by atoms with Gasteiger partial charge >= 0.3 is 7.60 Å². The third-order valence-corrected chi connectivity index (χ3v) is 5.05. The Kier molecular flexibility index (Phi) is 3.06. The van der Waals surface area contributed by atoms with Crippen LogP contribution >= 0.6 is 7.60 Å². The zero-order valence-corrected chi connectivity index (χ0v) is 11.4. The first-order valence-electron chi connectivity index (χ1n) is 5.57. The highest BCUT2D eigenvalue weighted by Crippen LogP contribution is 2.59. The number of ether oxygens (including phenoxy) is 1. The van der Waals surface area contributed by atoms with Crippen molar-refractivity contribution in [3.8, 4) is 5.75 Å². The summed E-state index contributed by atoms with van der Waals surface area (Å²) in [6.07, 6.45) is 0. The summed E-state index contributed by atoms with van der Waals surface area (Å²) in [6, 6.07) is 5.46. The summed E-state index contributed by atoms with van der Waals surface area (Å²) in [6.45, 7) is 5.92. The van der Waals surface area contributed by atoms with E-state index in [2.05, 4.69) is 0 Å². The molecule has 94 valence electrons. The minimum Gasteiger partial charge on any atom is -0.497 e. The van der Waals surface area contributed by atoms with Gasteiger partial charge in [0.25, 0.3) is 0 Å². The van der Waals surface area contributed by atoms with Gasteiger partial charge in [-0.2, -0.15) is 0 Å². The number of fused-ring (bicyclic) bond motifs is 1. The summed E-state index contributed by atoms with van der Waals surface area (Å²) in [5.41, 5.74) is 0.307. The zero-order chi connectivity index (χ0) is 12.7. The molecule has 0 aromatic heterocycles. The lowest BCUT2D eigenvalue weighted by atomic mass is 9.98. The Balaban J connectivity index is 2.58. The molecular weight excluding hydrogens is 239 g/mol.